The van der Waals surface area contributed by atoms with Gasteiger partial charge in [0.25, 0.3) is 0 Å². The highest BCUT2D eigenvalue weighted by molar-refractivity contribution is 5.88. The van der Waals surface area contributed by atoms with Crippen molar-refractivity contribution in [3.8, 4) is 5.75 Å². The molecule has 1 aliphatic rings. The zero-order chi connectivity index (χ0) is 17.8. The molecule has 1 fully saturated rings. The summed E-state index contributed by atoms with van der Waals surface area (Å²) >= 11 is 0. The number of rotatable bonds is 7. The molecule has 2 aromatic rings. The molecule has 0 bridgehead atoms. The van der Waals surface area contributed by atoms with Crippen LogP contribution in [0, 0.1) is 6.42 Å². The molecule has 7 nitrogen and oxygen atoms in total. The second-order valence-corrected chi connectivity index (χ2v) is 6.34. The average Bonchev–Trinajstić information content (AvgIpc) is 3.19. The van der Waals surface area contributed by atoms with E-state index in [0.29, 0.717) is 19.5 Å². The first-order valence-electron chi connectivity index (χ1n) is 8.48. The van der Waals surface area contributed by atoms with E-state index in [1.54, 1.807) is 24.6 Å². The Balaban J connectivity index is 1.45. The molecule has 1 atom stereocenters. The monoisotopic (exact) mass is 343 g/mol. The highest BCUT2D eigenvalue weighted by Crippen LogP contribution is 2.23. The molecule has 0 saturated carbocycles. The molecule has 1 aromatic carbocycles. The number of nitrogens with zero attached hydrogens (tertiary/aromatic N) is 1. The number of fused-ring (bicyclic) bond motifs is 1. The van der Waals surface area contributed by atoms with Crippen molar-refractivity contribution in [1.82, 2.24) is 15.2 Å². The predicted octanol–water partition coefficient (Wildman–Crippen LogP) is 0.686. The highest BCUT2D eigenvalue weighted by atomic mass is 16.3. The van der Waals surface area contributed by atoms with E-state index in [-0.39, 0.29) is 23.6 Å². The van der Waals surface area contributed by atoms with Crippen LogP contribution in [0.4, 0.5) is 0 Å². The summed E-state index contributed by atoms with van der Waals surface area (Å²) in [5, 5.41) is 13.3. The molecule has 1 radical (unpaired) electrons. The number of hydrogen-bond acceptors (Lipinski definition) is 4. The fraction of sp³-hybridized carbons (Fsp3) is 0.389. The molecule has 7 heteroatoms. The van der Waals surface area contributed by atoms with Gasteiger partial charge in [0.1, 0.15) is 5.75 Å². The van der Waals surface area contributed by atoms with Gasteiger partial charge in [0, 0.05) is 30.2 Å². The zero-order valence-electron chi connectivity index (χ0n) is 14.0. The minimum Gasteiger partial charge on any atom is -0.508 e. The van der Waals surface area contributed by atoms with Crippen LogP contribution in [0.3, 0.4) is 0 Å². The van der Waals surface area contributed by atoms with E-state index >= 15 is 0 Å². The van der Waals surface area contributed by atoms with E-state index in [4.69, 9.17) is 5.73 Å². The second kappa shape index (κ2) is 7.57. The summed E-state index contributed by atoms with van der Waals surface area (Å²) in [5.74, 6) is -0.241. The SMILES string of the molecule is NC(=O)[C@@H]1CCCN1CCNC(=O)[CH]Cc1c[nH]c2ccc(O)cc12. The third-order valence-electron chi connectivity index (χ3n) is 4.65. The van der Waals surface area contributed by atoms with Crippen molar-refractivity contribution in [3.63, 3.8) is 0 Å². The van der Waals surface area contributed by atoms with E-state index in [1.165, 1.54) is 0 Å². The summed E-state index contributed by atoms with van der Waals surface area (Å²) in [5.41, 5.74) is 7.26. The van der Waals surface area contributed by atoms with Crippen LogP contribution in [0.5, 0.6) is 5.75 Å². The maximum absolute atomic E-state index is 12.0. The Kier molecular flexibility index (Phi) is 5.23. The average molecular weight is 343 g/mol. The van der Waals surface area contributed by atoms with Gasteiger partial charge in [0.05, 0.1) is 12.5 Å². The van der Waals surface area contributed by atoms with Crippen molar-refractivity contribution in [2.45, 2.75) is 25.3 Å². The first kappa shape index (κ1) is 17.3. The number of phenols is 1. The maximum atomic E-state index is 12.0. The lowest BCUT2D eigenvalue weighted by Crippen LogP contribution is -2.43. The van der Waals surface area contributed by atoms with E-state index in [1.807, 2.05) is 11.1 Å². The number of amides is 2. The smallest absolute Gasteiger partial charge is 0.234 e. The molecule has 2 amide bonds. The molecular formula is C18H23N4O3. The minimum atomic E-state index is -0.294. The number of carbonyl (C=O) groups is 2. The lowest BCUT2D eigenvalue weighted by atomic mass is 10.1. The molecule has 25 heavy (non-hydrogen) atoms. The fourth-order valence-corrected chi connectivity index (χ4v) is 3.35. The molecule has 1 saturated heterocycles. The van der Waals surface area contributed by atoms with E-state index < -0.39 is 0 Å². The molecule has 2 heterocycles. The molecule has 5 N–H and O–H groups in total. The normalized spacial score (nSPS) is 17.8. The Hall–Kier alpha value is -2.54. The largest absolute Gasteiger partial charge is 0.508 e. The molecular weight excluding hydrogens is 320 g/mol. The highest BCUT2D eigenvalue weighted by Gasteiger charge is 2.28. The van der Waals surface area contributed by atoms with Crippen LogP contribution in [0.1, 0.15) is 18.4 Å². The summed E-state index contributed by atoms with van der Waals surface area (Å²) in [4.78, 5) is 28.5. The Labute approximate surface area is 146 Å². The molecule has 1 aliphatic heterocycles. The van der Waals surface area contributed by atoms with Gasteiger partial charge >= 0.3 is 0 Å². The number of hydrogen-bond donors (Lipinski definition) is 4. The number of nitrogens with two attached hydrogens (primary N) is 1. The van der Waals surface area contributed by atoms with Gasteiger partial charge in [-0.1, -0.05) is 0 Å². The van der Waals surface area contributed by atoms with Crippen molar-refractivity contribution in [2.24, 2.45) is 5.73 Å². The number of phenolic OH excluding ortho intramolecular Hbond substituents is 1. The molecule has 0 aliphatic carbocycles. The summed E-state index contributed by atoms with van der Waals surface area (Å²) in [6, 6.07) is 4.90. The topological polar surface area (TPSA) is 111 Å². The van der Waals surface area contributed by atoms with Gasteiger partial charge in [-0.2, -0.15) is 0 Å². The number of primary amides is 1. The fourth-order valence-electron chi connectivity index (χ4n) is 3.35. The number of benzene rings is 1. The van der Waals surface area contributed by atoms with Crippen LogP contribution in [-0.2, 0) is 16.0 Å². The van der Waals surface area contributed by atoms with Gasteiger partial charge in [-0.3, -0.25) is 14.5 Å². The number of aromatic nitrogens is 1. The predicted molar refractivity (Wildman–Crippen MR) is 94.8 cm³/mol. The first-order chi connectivity index (χ1) is 12.0. The molecule has 133 valence electrons. The van der Waals surface area contributed by atoms with Crippen LogP contribution >= 0.6 is 0 Å². The number of nitrogens with one attached hydrogen (secondary N) is 2. The van der Waals surface area contributed by atoms with Crippen LogP contribution in [0.15, 0.2) is 24.4 Å². The zero-order valence-corrected chi connectivity index (χ0v) is 14.0. The number of aromatic hydroxyl groups is 1. The van der Waals surface area contributed by atoms with Crippen molar-refractivity contribution in [2.75, 3.05) is 19.6 Å². The molecule has 0 unspecified atom stereocenters. The Bertz CT molecular complexity index is 771. The second-order valence-electron chi connectivity index (χ2n) is 6.34. The van der Waals surface area contributed by atoms with Crippen LogP contribution in [0.2, 0.25) is 0 Å². The lowest BCUT2D eigenvalue weighted by Gasteiger charge is -2.21. The lowest BCUT2D eigenvalue weighted by molar-refractivity contribution is -0.122. The van der Waals surface area contributed by atoms with E-state index in [2.05, 4.69) is 10.3 Å². The van der Waals surface area contributed by atoms with Gasteiger partial charge in [0.2, 0.25) is 11.8 Å². The van der Waals surface area contributed by atoms with Crippen LogP contribution in [-0.4, -0.2) is 52.5 Å². The number of carbonyl (C=O) groups excluding carboxylic acids is 2. The summed E-state index contributed by atoms with van der Waals surface area (Å²) in [6.07, 6.45) is 5.66. The number of H-pyrrole nitrogens is 1. The third-order valence-corrected chi connectivity index (χ3v) is 4.65. The number of aromatic amines is 1. The Morgan fingerprint density at radius 3 is 3.08 bits per heavy atom. The van der Waals surface area contributed by atoms with Gasteiger partial charge in [0.15, 0.2) is 0 Å². The minimum absolute atomic E-state index is 0.149. The molecule has 1 aromatic heterocycles. The summed E-state index contributed by atoms with van der Waals surface area (Å²) in [7, 11) is 0. The third kappa shape index (κ3) is 4.11. The van der Waals surface area contributed by atoms with Gasteiger partial charge in [-0.25, -0.2) is 0 Å². The van der Waals surface area contributed by atoms with E-state index in [0.717, 1.165) is 35.9 Å². The van der Waals surface area contributed by atoms with Gasteiger partial charge < -0.3 is 21.1 Å². The van der Waals surface area contributed by atoms with Crippen molar-refractivity contribution in [3.05, 3.63) is 36.4 Å². The Morgan fingerprint density at radius 2 is 2.28 bits per heavy atom. The number of likely N-dealkylation sites (tertiary alicyclic amines) is 1. The summed E-state index contributed by atoms with van der Waals surface area (Å²) in [6.45, 7) is 1.94. The Morgan fingerprint density at radius 1 is 1.44 bits per heavy atom. The van der Waals surface area contributed by atoms with Crippen LogP contribution < -0.4 is 11.1 Å². The molecule has 0 spiro atoms. The van der Waals surface area contributed by atoms with Gasteiger partial charge in [-0.15, -0.1) is 0 Å². The van der Waals surface area contributed by atoms with E-state index in [9.17, 15) is 14.7 Å². The maximum Gasteiger partial charge on any atom is 0.234 e. The molecule has 3 rings (SSSR count). The first-order valence-corrected chi connectivity index (χ1v) is 8.48. The van der Waals surface area contributed by atoms with Crippen molar-refractivity contribution in [1.29, 1.82) is 0 Å². The summed E-state index contributed by atoms with van der Waals surface area (Å²) < 4.78 is 0. The van der Waals surface area contributed by atoms with Crippen LogP contribution in [0.25, 0.3) is 10.9 Å². The quantitative estimate of drug-likeness (QED) is 0.592. The van der Waals surface area contributed by atoms with Gasteiger partial charge in [-0.05, 0) is 49.6 Å². The van der Waals surface area contributed by atoms with Crippen molar-refractivity contribution >= 4 is 22.7 Å². The van der Waals surface area contributed by atoms with Crippen molar-refractivity contribution < 1.29 is 14.7 Å². The standard InChI is InChI=1S/C18H23N4O3/c19-18(25)16-2-1-8-22(16)9-7-20-17(24)6-3-12-11-21-15-5-4-13(23)10-14(12)15/h4-6,10-11,16,21,23H,1-3,7-9H2,(H2,19,25)(H,20,24)/t16-/m0/s1.